The molecule has 33 heavy (non-hydrogen) atoms. The van der Waals surface area contributed by atoms with Crippen molar-refractivity contribution in [3.8, 4) is 5.69 Å². The molecule has 1 amide bonds. The molecule has 1 N–H and O–H groups in total. The molecule has 9 heteroatoms. The van der Waals surface area contributed by atoms with Gasteiger partial charge >= 0.3 is 0 Å². The summed E-state index contributed by atoms with van der Waals surface area (Å²) in [5.74, 6) is -0.303. The van der Waals surface area contributed by atoms with E-state index in [1.165, 1.54) is 18.0 Å². The Hall–Kier alpha value is -3.56. The van der Waals surface area contributed by atoms with Crippen LogP contribution in [0.4, 0.5) is 5.69 Å². The Morgan fingerprint density at radius 3 is 2.52 bits per heavy atom. The number of nitro groups is 1. The number of nitro benzene ring substituents is 1. The molecule has 4 rings (SSSR count). The number of hydrogen-bond acceptors (Lipinski definition) is 6. The first-order valence-electron chi connectivity index (χ1n) is 11.1. The van der Waals surface area contributed by atoms with E-state index in [9.17, 15) is 14.9 Å². The minimum Gasteiger partial charge on any atom is -0.352 e. The van der Waals surface area contributed by atoms with E-state index in [0.29, 0.717) is 12.2 Å². The van der Waals surface area contributed by atoms with Crippen LogP contribution in [0, 0.1) is 10.1 Å². The van der Waals surface area contributed by atoms with Gasteiger partial charge in [0.1, 0.15) is 5.69 Å². The lowest BCUT2D eigenvalue weighted by atomic mass is 10.1. The molecule has 2 heterocycles. The Labute approximate surface area is 192 Å². The lowest BCUT2D eigenvalue weighted by Gasteiger charge is -2.34. The van der Waals surface area contributed by atoms with Gasteiger partial charge in [-0.25, -0.2) is 4.98 Å². The zero-order chi connectivity index (χ0) is 23.0. The average Bonchev–Trinajstić information content (AvgIpc) is 3.38. The Kier molecular flexibility index (Phi) is 7.43. The number of nitrogens with zero attached hydrogens (tertiary/aromatic N) is 5. The molecule has 0 radical (unpaired) electrons. The lowest BCUT2D eigenvalue weighted by molar-refractivity contribution is -0.384. The van der Waals surface area contributed by atoms with Gasteiger partial charge in [-0.1, -0.05) is 30.3 Å². The smallest absolute Gasteiger partial charge is 0.294 e. The van der Waals surface area contributed by atoms with Crippen LogP contribution in [-0.2, 0) is 6.54 Å². The molecule has 1 aliphatic rings. The first-order valence-corrected chi connectivity index (χ1v) is 11.1. The zero-order valence-electron chi connectivity index (χ0n) is 18.5. The van der Waals surface area contributed by atoms with E-state index in [4.69, 9.17) is 0 Å². The summed E-state index contributed by atoms with van der Waals surface area (Å²) >= 11 is 0. The Morgan fingerprint density at radius 2 is 1.82 bits per heavy atom. The van der Waals surface area contributed by atoms with Gasteiger partial charge in [0.05, 0.1) is 11.3 Å². The summed E-state index contributed by atoms with van der Waals surface area (Å²) in [4.78, 5) is 32.3. The second-order valence-electron chi connectivity index (χ2n) is 8.14. The van der Waals surface area contributed by atoms with Crippen LogP contribution in [0.25, 0.3) is 5.69 Å². The molecule has 0 saturated carbocycles. The van der Waals surface area contributed by atoms with Crippen LogP contribution in [0.5, 0.6) is 0 Å². The zero-order valence-corrected chi connectivity index (χ0v) is 18.5. The van der Waals surface area contributed by atoms with E-state index in [1.807, 2.05) is 6.07 Å². The highest BCUT2D eigenvalue weighted by Crippen LogP contribution is 2.24. The molecule has 0 atom stereocenters. The van der Waals surface area contributed by atoms with Crippen molar-refractivity contribution in [1.29, 1.82) is 0 Å². The molecule has 3 aromatic rings. The molecular weight excluding hydrogens is 420 g/mol. The predicted octanol–water partition coefficient (Wildman–Crippen LogP) is 2.72. The number of aromatic nitrogens is 2. The Balaban J connectivity index is 1.21. The second kappa shape index (κ2) is 10.8. The van der Waals surface area contributed by atoms with Crippen molar-refractivity contribution in [3.63, 3.8) is 0 Å². The molecule has 0 aliphatic carbocycles. The number of carbonyl (C=O) groups is 1. The molecule has 0 unspecified atom stereocenters. The second-order valence-corrected chi connectivity index (χ2v) is 8.14. The predicted molar refractivity (Wildman–Crippen MR) is 125 cm³/mol. The summed E-state index contributed by atoms with van der Waals surface area (Å²) in [6, 6.07) is 15.0. The molecule has 1 fully saturated rings. The summed E-state index contributed by atoms with van der Waals surface area (Å²) in [5.41, 5.74) is 1.86. The number of hydrogen-bond donors (Lipinski definition) is 1. The van der Waals surface area contributed by atoms with Crippen molar-refractivity contribution >= 4 is 11.6 Å². The highest BCUT2D eigenvalue weighted by molar-refractivity contribution is 5.95. The van der Waals surface area contributed by atoms with Crippen LogP contribution >= 0.6 is 0 Å². The van der Waals surface area contributed by atoms with Gasteiger partial charge in [-0.15, -0.1) is 0 Å². The number of benzene rings is 2. The highest BCUT2D eigenvalue weighted by Gasteiger charge is 2.19. The van der Waals surface area contributed by atoms with Crippen molar-refractivity contribution in [2.24, 2.45) is 0 Å². The fraction of sp³-hybridized carbons (Fsp3) is 0.333. The topological polar surface area (TPSA) is 96.5 Å². The molecular formula is C24H28N6O3. The third-order valence-corrected chi connectivity index (χ3v) is 5.87. The third kappa shape index (κ3) is 6.03. The maximum atomic E-state index is 12.5. The monoisotopic (exact) mass is 448 g/mol. The van der Waals surface area contributed by atoms with Gasteiger partial charge in [-0.05, 0) is 30.7 Å². The summed E-state index contributed by atoms with van der Waals surface area (Å²) in [7, 11) is 0. The van der Waals surface area contributed by atoms with Crippen molar-refractivity contribution < 1.29 is 9.72 Å². The highest BCUT2D eigenvalue weighted by atomic mass is 16.6. The number of rotatable bonds is 9. The van der Waals surface area contributed by atoms with Gasteiger partial charge in [-0.3, -0.25) is 19.8 Å². The van der Waals surface area contributed by atoms with Gasteiger partial charge in [0.25, 0.3) is 11.6 Å². The number of carbonyl (C=O) groups excluding carboxylic acids is 1. The fourth-order valence-electron chi connectivity index (χ4n) is 4.05. The van der Waals surface area contributed by atoms with E-state index in [-0.39, 0.29) is 17.2 Å². The molecule has 0 spiro atoms. The molecule has 0 bridgehead atoms. The Morgan fingerprint density at radius 1 is 1.06 bits per heavy atom. The average molecular weight is 449 g/mol. The third-order valence-electron chi connectivity index (χ3n) is 5.87. The molecule has 9 nitrogen and oxygen atoms in total. The van der Waals surface area contributed by atoms with E-state index in [1.54, 1.807) is 29.1 Å². The maximum absolute atomic E-state index is 12.5. The van der Waals surface area contributed by atoms with Crippen LogP contribution in [0.2, 0.25) is 0 Å². The van der Waals surface area contributed by atoms with E-state index < -0.39 is 4.92 Å². The van der Waals surface area contributed by atoms with E-state index >= 15 is 0 Å². The summed E-state index contributed by atoms with van der Waals surface area (Å²) in [5, 5.41) is 14.4. The van der Waals surface area contributed by atoms with Crippen LogP contribution in [-0.4, -0.2) is 69.4 Å². The summed E-state index contributed by atoms with van der Waals surface area (Å²) < 4.78 is 1.55. The first-order chi connectivity index (χ1) is 16.1. The molecule has 1 aromatic heterocycles. The molecule has 172 valence electrons. The minimum atomic E-state index is -0.483. The van der Waals surface area contributed by atoms with Crippen LogP contribution < -0.4 is 5.32 Å². The molecule has 1 saturated heterocycles. The van der Waals surface area contributed by atoms with Gasteiger partial charge in [0.15, 0.2) is 0 Å². The van der Waals surface area contributed by atoms with Crippen molar-refractivity contribution in [2.45, 2.75) is 13.0 Å². The van der Waals surface area contributed by atoms with Crippen LogP contribution in [0.15, 0.2) is 67.3 Å². The van der Waals surface area contributed by atoms with Crippen molar-refractivity contribution in [2.75, 3.05) is 39.3 Å². The van der Waals surface area contributed by atoms with Crippen LogP contribution in [0.1, 0.15) is 22.3 Å². The quantitative estimate of drug-likeness (QED) is 0.307. The fourth-order valence-corrected chi connectivity index (χ4v) is 4.05. The SMILES string of the molecule is O=C(NCCCN1CCN(Cc2ccccc2)CC1)c1ccc(-n2ccnc2)c([N+](=O)[O-])c1. The van der Waals surface area contributed by atoms with E-state index in [0.717, 1.165) is 45.7 Å². The molecule has 1 aliphatic heterocycles. The first kappa shape index (κ1) is 22.6. The molecule has 2 aromatic carbocycles. The van der Waals surface area contributed by atoms with Crippen molar-refractivity contribution in [3.05, 3.63) is 88.5 Å². The lowest BCUT2D eigenvalue weighted by Crippen LogP contribution is -2.46. The number of nitrogens with one attached hydrogen (secondary N) is 1. The number of imidazole rings is 1. The van der Waals surface area contributed by atoms with E-state index in [2.05, 4.69) is 44.4 Å². The van der Waals surface area contributed by atoms with Crippen LogP contribution in [0.3, 0.4) is 0 Å². The number of piperazine rings is 1. The maximum Gasteiger partial charge on any atom is 0.294 e. The summed E-state index contributed by atoms with van der Waals surface area (Å²) in [6.07, 6.45) is 5.50. The van der Waals surface area contributed by atoms with Gasteiger partial charge in [0.2, 0.25) is 0 Å². The van der Waals surface area contributed by atoms with Gasteiger partial charge < -0.3 is 14.8 Å². The minimum absolute atomic E-state index is 0.131. The van der Waals surface area contributed by atoms with Gasteiger partial charge in [-0.2, -0.15) is 0 Å². The summed E-state index contributed by atoms with van der Waals surface area (Å²) in [6.45, 7) is 6.53. The van der Waals surface area contributed by atoms with Crippen molar-refractivity contribution in [1.82, 2.24) is 24.7 Å². The number of amides is 1. The standard InChI is InChI=1S/C24H28N6O3/c31-24(21-7-8-22(23(17-21)30(32)33)29-12-10-25-19-29)26-9-4-11-27-13-15-28(16-14-27)18-20-5-2-1-3-6-20/h1-3,5-8,10,12,17,19H,4,9,11,13-16,18H2,(H,26,31). The normalized spacial score (nSPS) is 14.8. The Bertz CT molecular complexity index is 1060. The largest absolute Gasteiger partial charge is 0.352 e. The van der Waals surface area contributed by atoms with Gasteiger partial charge in [0, 0.05) is 63.3 Å².